The summed E-state index contributed by atoms with van der Waals surface area (Å²) in [4.78, 5) is 28.7. The normalized spacial score (nSPS) is 15.4. The number of nitrogens with zero attached hydrogens (tertiary/aromatic N) is 2. The van der Waals surface area contributed by atoms with E-state index in [-0.39, 0.29) is 24.3 Å². The molecule has 2 aromatic carbocycles. The molecule has 1 unspecified atom stereocenters. The van der Waals surface area contributed by atoms with Crippen LogP contribution in [0.2, 0.25) is 10.0 Å². The van der Waals surface area contributed by atoms with Gasteiger partial charge in [0.05, 0.1) is 19.6 Å². The van der Waals surface area contributed by atoms with Gasteiger partial charge < -0.3 is 15.0 Å². The van der Waals surface area contributed by atoms with Crippen LogP contribution in [-0.4, -0.2) is 54.9 Å². The van der Waals surface area contributed by atoms with Crippen LogP contribution in [0.25, 0.3) is 0 Å². The summed E-state index contributed by atoms with van der Waals surface area (Å²) in [6.45, 7) is 4.95. The molecule has 1 aliphatic heterocycles. The zero-order valence-electron chi connectivity index (χ0n) is 17.7. The van der Waals surface area contributed by atoms with E-state index in [9.17, 15) is 9.59 Å². The molecule has 1 fully saturated rings. The van der Waals surface area contributed by atoms with Crippen molar-refractivity contribution in [1.29, 1.82) is 0 Å². The Labute approximate surface area is 193 Å². The number of ether oxygens (including phenoxy) is 1. The lowest BCUT2D eigenvalue weighted by Crippen LogP contribution is -2.49. The van der Waals surface area contributed by atoms with Gasteiger partial charge in [-0.25, -0.2) is 0 Å². The second-order valence-electron chi connectivity index (χ2n) is 7.62. The molecule has 0 radical (unpaired) electrons. The van der Waals surface area contributed by atoms with Gasteiger partial charge in [-0.05, 0) is 35.9 Å². The Kier molecular flexibility index (Phi) is 8.18. The van der Waals surface area contributed by atoms with E-state index in [1.807, 2.05) is 35.2 Å². The monoisotopic (exact) mass is 463 g/mol. The van der Waals surface area contributed by atoms with Crippen molar-refractivity contribution in [2.75, 3.05) is 33.3 Å². The molecule has 0 aliphatic carbocycles. The van der Waals surface area contributed by atoms with Gasteiger partial charge in [0.2, 0.25) is 11.8 Å². The van der Waals surface area contributed by atoms with Crippen LogP contribution in [0, 0.1) is 0 Å². The zero-order valence-corrected chi connectivity index (χ0v) is 19.2. The fourth-order valence-corrected chi connectivity index (χ4v) is 4.08. The van der Waals surface area contributed by atoms with Crippen LogP contribution in [0.3, 0.4) is 0 Å². The molecule has 0 spiro atoms. The first-order valence-electron chi connectivity index (χ1n) is 10.2. The van der Waals surface area contributed by atoms with Gasteiger partial charge in [0, 0.05) is 55.3 Å². The Hall–Kier alpha value is -2.28. The number of methoxy groups -OCH3 is 1. The Morgan fingerprint density at radius 2 is 1.68 bits per heavy atom. The highest BCUT2D eigenvalue weighted by Crippen LogP contribution is 2.25. The Morgan fingerprint density at radius 3 is 2.29 bits per heavy atom. The Bertz CT molecular complexity index is 913. The molecule has 0 aromatic heterocycles. The van der Waals surface area contributed by atoms with Crippen LogP contribution >= 0.6 is 23.2 Å². The number of carbonyl (C=O) groups excluding carboxylic acids is 2. The second-order valence-corrected chi connectivity index (χ2v) is 8.49. The predicted octanol–water partition coefficient (Wildman–Crippen LogP) is 3.91. The summed E-state index contributed by atoms with van der Waals surface area (Å²) in [6.07, 6.45) is 0.212. The maximum Gasteiger partial charge on any atom is 0.225 e. The zero-order chi connectivity index (χ0) is 22.4. The SMILES string of the molecule is COc1ccc(Cl)cc1CN1CCN(C(=O)CC(NC(C)=O)c2ccc(Cl)cc2)CC1. The number of carbonyl (C=O) groups is 2. The largest absolute Gasteiger partial charge is 0.496 e. The molecule has 3 rings (SSSR count). The maximum absolute atomic E-state index is 12.9. The van der Waals surface area contributed by atoms with Gasteiger partial charge in [-0.3, -0.25) is 14.5 Å². The number of piperazine rings is 1. The van der Waals surface area contributed by atoms with Gasteiger partial charge in [0.1, 0.15) is 5.75 Å². The van der Waals surface area contributed by atoms with E-state index in [4.69, 9.17) is 27.9 Å². The van der Waals surface area contributed by atoms with E-state index in [0.717, 1.165) is 30.0 Å². The van der Waals surface area contributed by atoms with Crippen molar-refractivity contribution in [2.24, 2.45) is 0 Å². The summed E-state index contributed by atoms with van der Waals surface area (Å²) in [7, 11) is 1.65. The summed E-state index contributed by atoms with van der Waals surface area (Å²) in [5.41, 5.74) is 1.89. The maximum atomic E-state index is 12.9. The average Bonchev–Trinajstić information content (AvgIpc) is 2.74. The van der Waals surface area contributed by atoms with Gasteiger partial charge >= 0.3 is 0 Å². The number of amides is 2. The number of rotatable bonds is 7. The van der Waals surface area contributed by atoms with Gasteiger partial charge in [0.25, 0.3) is 0 Å². The van der Waals surface area contributed by atoms with E-state index in [2.05, 4.69) is 10.2 Å². The summed E-state index contributed by atoms with van der Waals surface area (Å²) in [6, 6.07) is 12.4. The molecule has 1 atom stereocenters. The van der Waals surface area contributed by atoms with E-state index in [1.54, 1.807) is 19.2 Å². The van der Waals surface area contributed by atoms with E-state index >= 15 is 0 Å². The first-order chi connectivity index (χ1) is 14.9. The fraction of sp³-hybridized carbons (Fsp3) is 0.391. The van der Waals surface area contributed by atoms with Crippen molar-refractivity contribution < 1.29 is 14.3 Å². The van der Waals surface area contributed by atoms with E-state index < -0.39 is 0 Å². The molecule has 1 aliphatic rings. The van der Waals surface area contributed by atoms with Crippen molar-refractivity contribution in [3.05, 3.63) is 63.6 Å². The molecule has 2 aromatic rings. The fourth-order valence-electron chi connectivity index (χ4n) is 3.76. The minimum Gasteiger partial charge on any atom is -0.496 e. The summed E-state index contributed by atoms with van der Waals surface area (Å²) >= 11 is 12.1. The molecule has 166 valence electrons. The lowest BCUT2D eigenvalue weighted by molar-refractivity contribution is -0.133. The highest BCUT2D eigenvalue weighted by atomic mass is 35.5. The van der Waals surface area contributed by atoms with Crippen molar-refractivity contribution >= 4 is 35.0 Å². The van der Waals surface area contributed by atoms with Crippen LogP contribution in [-0.2, 0) is 16.1 Å². The van der Waals surface area contributed by atoms with Crippen molar-refractivity contribution in [1.82, 2.24) is 15.1 Å². The minimum absolute atomic E-state index is 0.0219. The summed E-state index contributed by atoms with van der Waals surface area (Å²) < 4.78 is 5.43. The van der Waals surface area contributed by atoms with Gasteiger partial charge in [-0.2, -0.15) is 0 Å². The van der Waals surface area contributed by atoms with Crippen molar-refractivity contribution in [3.8, 4) is 5.75 Å². The van der Waals surface area contributed by atoms with E-state index in [1.165, 1.54) is 6.92 Å². The topological polar surface area (TPSA) is 61.9 Å². The molecule has 0 bridgehead atoms. The molecule has 31 heavy (non-hydrogen) atoms. The van der Waals surface area contributed by atoms with Crippen LogP contribution < -0.4 is 10.1 Å². The lowest BCUT2D eigenvalue weighted by atomic mass is 10.0. The van der Waals surface area contributed by atoms with E-state index in [0.29, 0.717) is 29.7 Å². The lowest BCUT2D eigenvalue weighted by Gasteiger charge is -2.35. The predicted molar refractivity (Wildman–Crippen MR) is 122 cm³/mol. The first kappa shape index (κ1) is 23.4. The van der Waals surface area contributed by atoms with Gasteiger partial charge in [0.15, 0.2) is 0 Å². The summed E-state index contributed by atoms with van der Waals surface area (Å²) in [5.74, 6) is 0.658. The highest BCUT2D eigenvalue weighted by molar-refractivity contribution is 6.30. The third kappa shape index (κ3) is 6.60. The third-order valence-electron chi connectivity index (χ3n) is 5.39. The number of nitrogens with one attached hydrogen (secondary N) is 1. The average molecular weight is 464 g/mol. The molecule has 0 saturated carbocycles. The van der Waals surface area contributed by atoms with Crippen LogP contribution in [0.4, 0.5) is 0 Å². The van der Waals surface area contributed by atoms with Crippen molar-refractivity contribution in [3.63, 3.8) is 0 Å². The van der Waals surface area contributed by atoms with Crippen LogP contribution in [0.1, 0.15) is 30.5 Å². The third-order valence-corrected chi connectivity index (χ3v) is 5.88. The number of benzene rings is 2. The van der Waals surface area contributed by atoms with Gasteiger partial charge in [-0.15, -0.1) is 0 Å². The molecular formula is C23H27Cl2N3O3. The molecule has 1 heterocycles. The number of hydrogen-bond acceptors (Lipinski definition) is 4. The second kappa shape index (κ2) is 10.8. The summed E-state index contributed by atoms with van der Waals surface area (Å²) in [5, 5.41) is 4.17. The van der Waals surface area contributed by atoms with Crippen LogP contribution in [0.15, 0.2) is 42.5 Å². The molecule has 2 amide bonds. The number of halogens is 2. The minimum atomic E-state index is -0.379. The molecule has 6 nitrogen and oxygen atoms in total. The molecule has 1 N–H and O–H groups in total. The standard InChI is InChI=1S/C23H27Cl2N3O3/c1-16(29)26-21(17-3-5-19(24)6-4-17)14-23(30)28-11-9-27(10-12-28)15-18-13-20(25)7-8-22(18)31-2/h3-8,13,21H,9-12,14-15H2,1-2H3,(H,26,29). The quantitative estimate of drug-likeness (QED) is 0.675. The molecular weight excluding hydrogens is 437 g/mol. The van der Waals surface area contributed by atoms with Crippen molar-refractivity contribution in [2.45, 2.75) is 25.9 Å². The Morgan fingerprint density at radius 1 is 1.03 bits per heavy atom. The molecule has 8 heteroatoms. The highest BCUT2D eigenvalue weighted by Gasteiger charge is 2.25. The number of hydrogen-bond donors (Lipinski definition) is 1. The van der Waals surface area contributed by atoms with Crippen LogP contribution in [0.5, 0.6) is 5.75 Å². The Balaban J connectivity index is 1.58. The molecule has 1 saturated heterocycles. The smallest absolute Gasteiger partial charge is 0.225 e. The first-order valence-corrected chi connectivity index (χ1v) is 11.0. The van der Waals surface area contributed by atoms with Gasteiger partial charge in [-0.1, -0.05) is 35.3 Å².